The zero-order valence-corrected chi connectivity index (χ0v) is 25.7. The first-order valence-electron chi connectivity index (χ1n) is 15.7. The lowest BCUT2D eigenvalue weighted by atomic mass is 9.98. The average Bonchev–Trinajstić information content (AvgIpc) is 3.68. The van der Waals surface area contributed by atoms with E-state index in [1.165, 1.54) is 5.39 Å². The van der Waals surface area contributed by atoms with Gasteiger partial charge in [-0.25, -0.2) is 9.83 Å². The van der Waals surface area contributed by atoms with Crippen molar-refractivity contribution in [2.75, 3.05) is 0 Å². The summed E-state index contributed by atoms with van der Waals surface area (Å²) < 4.78 is 4.58. The number of nitrogens with zero attached hydrogens (tertiary/aromatic N) is 5. The van der Waals surface area contributed by atoms with Crippen molar-refractivity contribution >= 4 is 49.3 Å². The molecule has 5 heteroatoms. The summed E-state index contributed by atoms with van der Waals surface area (Å²) in [5.74, 6) is 0. The lowest BCUT2D eigenvalue weighted by molar-refractivity contribution is 1.15. The second-order valence-corrected chi connectivity index (χ2v) is 11.8. The van der Waals surface area contributed by atoms with Gasteiger partial charge < -0.3 is 9.13 Å². The van der Waals surface area contributed by atoms with Gasteiger partial charge in [0.1, 0.15) is 11.8 Å². The fourth-order valence-electron chi connectivity index (χ4n) is 7.13. The molecular formula is C43H25N5. The summed E-state index contributed by atoms with van der Waals surface area (Å²) in [6, 6.07) is 52.0. The number of aromatic nitrogens is 3. The van der Waals surface area contributed by atoms with Gasteiger partial charge in [0.15, 0.2) is 0 Å². The highest BCUT2D eigenvalue weighted by molar-refractivity contribution is 6.24. The standard InChI is InChI=1S/C43H25N5/c1-45-37-25-29(36-24-30(27-46-38(36)26-44)28-12-4-2-5-13-28)20-23-41(37)48-40-19-11-9-17-33(40)35-22-21-34-32-16-8-10-18-39(32)47(42(34)43(35)48)31-14-6-3-7-15-31/h2-25,27H. The van der Waals surface area contributed by atoms with Gasteiger partial charge in [-0.1, -0.05) is 103 Å². The van der Waals surface area contributed by atoms with Crippen molar-refractivity contribution in [2.45, 2.75) is 0 Å². The smallest absolute Gasteiger partial charge is 0.211 e. The third-order valence-corrected chi connectivity index (χ3v) is 9.23. The highest BCUT2D eigenvalue weighted by Crippen LogP contribution is 2.43. The minimum Gasteiger partial charge on any atom is -0.317 e. The van der Waals surface area contributed by atoms with Gasteiger partial charge in [0.05, 0.1) is 34.3 Å². The Kier molecular flexibility index (Phi) is 6.18. The fraction of sp³-hybridized carbons (Fsp3) is 0. The summed E-state index contributed by atoms with van der Waals surface area (Å²) in [4.78, 5) is 8.59. The molecule has 222 valence electrons. The Balaban J connectivity index is 1.36. The van der Waals surface area contributed by atoms with Crippen LogP contribution in [0, 0.1) is 17.9 Å². The highest BCUT2D eigenvalue weighted by Gasteiger charge is 2.22. The molecule has 0 atom stereocenters. The van der Waals surface area contributed by atoms with Crippen LogP contribution in [0.1, 0.15) is 5.69 Å². The van der Waals surface area contributed by atoms with Gasteiger partial charge in [0.25, 0.3) is 0 Å². The van der Waals surface area contributed by atoms with Crippen LogP contribution in [0.25, 0.3) is 82.1 Å². The maximum atomic E-state index is 10.0. The SMILES string of the molecule is [C-]#[N+]c1cc(-c2cc(-c3ccccc3)cnc2C#N)ccc1-n1c2ccccc2c2ccc3c4ccccc4n(-c4ccccc4)c3c21. The van der Waals surface area contributed by atoms with E-state index in [0.29, 0.717) is 16.9 Å². The number of para-hydroxylation sites is 3. The summed E-state index contributed by atoms with van der Waals surface area (Å²) in [7, 11) is 0. The minimum absolute atomic E-state index is 0.323. The zero-order chi connectivity index (χ0) is 32.2. The molecule has 0 amide bonds. The monoisotopic (exact) mass is 611 g/mol. The maximum Gasteiger partial charge on any atom is 0.211 e. The van der Waals surface area contributed by atoms with E-state index in [1.807, 2.05) is 66.7 Å². The van der Waals surface area contributed by atoms with E-state index < -0.39 is 0 Å². The predicted octanol–water partition coefficient (Wildman–Crippen LogP) is 11.0. The van der Waals surface area contributed by atoms with E-state index in [9.17, 15) is 5.26 Å². The number of fused-ring (bicyclic) bond motifs is 7. The molecule has 9 rings (SSSR count). The van der Waals surface area contributed by atoms with E-state index >= 15 is 0 Å². The van der Waals surface area contributed by atoms with Crippen molar-refractivity contribution < 1.29 is 0 Å². The minimum atomic E-state index is 0.323. The summed E-state index contributed by atoms with van der Waals surface area (Å²) >= 11 is 0. The van der Waals surface area contributed by atoms with E-state index in [0.717, 1.165) is 66.3 Å². The molecule has 5 nitrogen and oxygen atoms in total. The molecule has 0 saturated carbocycles. The molecule has 0 unspecified atom stereocenters. The number of nitriles is 1. The third-order valence-electron chi connectivity index (χ3n) is 9.23. The molecule has 3 heterocycles. The van der Waals surface area contributed by atoms with Crippen LogP contribution in [0.4, 0.5) is 5.69 Å². The third kappa shape index (κ3) is 4.06. The molecule has 0 aliphatic carbocycles. The number of hydrogen-bond donors (Lipinski definition) is 0. The molecule has 3 aromatic heterocycles. The largest absolute Gasteiger partial charge is 0.317 e. The van der Waals surface area contributed by atoms with Crippen LogP contribution in [0.15, 0.2) is 152 Å². The van der Waals surface area contributed by atoms with Gasteiger partial charge in [-0.05, 0) is 53.6 Å². The van der Waals surface area contributed by atoms with Gasteiger partial charge in [-0.2, -0.15) is 5.26 Å². The topological polar surface area (TPSA) is 50.9 Å². The second-order valence-electron chi connectivity index (χ2n) is 11.8. The molecule has 0 saturated heterocycles. The van der Waals surface area contributed by atoms with Crippen LogP contribution in [0.2, 0.25) is 0 Å². The summed E-state index contributed by atoms with van der Waals surface area (Å²) in [5, 5.41) is 14.6. The summed E-state index contributed by atoms with van der Waals surface area (Å²) in [5.41, 5.74) is 10.3. The van der Waals surface area contributed by atoms with Gasteiger partial charge in [0.2, 0.25) is 5.69 Å². The Labute approximate surface area is 276 Å². The number of hydrogen-bond acceptors (Lipinski definition) is 2. The van der Waals surface area contributed by atoms with Crippen LogP contribution in [-0.4, -0.2) is 14.1 Å². The molecule has 0 bridgehead atoms. The normalized spacial score (nSPS) is 11.3. The second kappa shape index (κ2) is 10.8. The van der Waals surface area contributed by atoms with Gasteiger partial charge in [-0.3, -0.25) is 0 Å². The molecule has 0 N–H and O–H groups in total. The fourth-order valence-corrected chi connectivity index (χ4v) is 7.13. The van der Waals surface area contributed by atoms with E-state index in [2.05, 4.69) is 104 Å². The van der Waals surface area contributed by atoms with E-state index in [4.69, 9.17) is 6.57 Å². The van der Waals surface area contributed by atoms with Crippen molar-refractivity contribution in [3.05, 3.63) is 169 Å². The van der Waals surface area contributed by atoms with Gasteiger partial charge in [0, 0.05) is 44.6 Å². The van der Waals surface area contributed by atoms with E-state index in [-0.39, 0.29) is 0 Å². The van der Waals surface area contributed by atoms with Gasteiger partial charge >= 0.3 is 0 Å². The van der Waals surface area contributed by atoms with E-state index in [1.54, 1.807) is 6.20 Å². The van der Waals surface area contributed by atoms with Crippen molar-refractivity contribution in [1.82, 2.24) is 14.1 Å². The van der Waals surface area contributed by atoms with Crippen molar-refractivity contribution in [3.8, 4) is 39.7 Å². The van der Waals surface area contributed by atoms with Crippen molar-refractivity contribution in [3.63, 3.8) is 0 Å². The van der Waals surface area contributed by atoms with Crippen LogP contribution >= 0.6 is 0 Å². The quantitative estimate of drug-likeness (QED) is 0.186. The van der Waals surface area contributed by atoms with Crippen LogP contribution in [0.3, 0.4) is 0 Å². The predicted molar refractivity (Wildman–Crippen MR) is 195 cm³/mol. The Morgan fingerprint density at radius 2 is 1.17 bits per heavy atom. The summed E-state index contributed by atoms with van der Waals surface area (Å²) in [6.45, 7) is 8.39. The average molecular weight is 612 g/mol. The molecule has 0 spiro atoms. The van der Waals surface area contributed by atoms with Gasteiger partial charge in [-0.15, -0.1) is 0 Å². The molecule has 9 aromatic rings. The van der Waals surface area contributed by atoms with Crippen LogP contribution in [0.5, 0.6) is 0 Å². The molecule has 0 fully saturated rings. The van der Waals surface area contributed by atoms with Crippen LogP contribution < -0.4 is 0 Å². The Bertz CT molecular complexity index is 2790. The molecule has 0 aliphatic heterocycles. The lowest BCUT2D eigenvalue weighted by Gasteiger charge is -2.15. The Morgan fingerprint density at radius 3 is 1.83 bits per heavy atom. The summed E-state index contributed by atoms with van der Waals surface area (Å²) in [6.07, 6.45) is 1.73. The first-order chi connectivity index (χ1) is 23.7. The maximum absolute atomic E-state index is 10.0. The van der Waals surface area contributed by atoms with Crippen molar-refractivity contribution in [1.29, 1.82) is 5.26 Å². The molecule has 0 aliphatic rings. The van der Waals surface area contributed by atoms with Crippen LogP contribution in [-0.2, 0) is 0 Å². The number of pyridine rings is 1. The lowest BCUT2D eigenvalue weighted by Crippen LogP contribution is -1.99. The Morgan fingerprint density at radius 1 is 0.562 bits per heavy atom. The molecule has 48 heavy (non-hydrogen) atoms. The highest BCUT2D eigenvalue weighted by atomic mass is 15.1. The number of rotatable bonds is 4. The molecular weight excluding hydrogens is 587 g/mol. The molecule has 6 aromatic carbocycles. The first kappa shape index (κ1) is 27.4. The van der Waals surface area contributed by atoms with Crippen molar-refractivity contribution in [2.24, 2.45) is 0 Å². The zero-order valence-electron chi connectivity index (χ0n) is 25.7. The number of benzene rings is 6. The molecule has 0 radical (unpaired) electrons. The Hall–Kier alpha value is -6.95. The first-order valence-corrected chi connectivity index (χ1v) is 15.7.